The van der Waals surface area contributed by atoms with Crippen molar-refractivity contribution in [3.8, 4) is 0 Å². The van der Waals surface area contributed by atoms with E-state index in [9.17, 15) is 4.79 Å². The van der Waals surface area contributed by atoms with E-state index in [1.54, 1.807) is 29.4 Å². The van der Waals surface area contributed by atoms with Crippen LogP contribution in [0.4, 0.5) is 0 Å². The first-order valence-corrected chi connectivity index (χ1v) is 8.84. The number of aryl methyl sites for hydroxylation is 1. The van der Waals surface area contributed by atoms with Gasteiger partial charge in [0, 0.05) is 6.54 Å². The van der Waals surface area contributed by atoms with E-state index in [2.05, 4.69) is 41.0 Å². The van der Waals surface area contributed by atoms with Crippen molar-refractivity contribution in [2.24, 2.45) is 10.2 Å². The molecule has 0 bridgehead atoms. The third-order valence-electron chi connectivity index (χ3n) is 3.74. The fourth-order valence-electron chi connectivity index (χ4n) is 2.45. The van der Waals surface area contributed by atoms with Crippen LogP contribution in [-0.4, -0.2) is 34.0 Å². The number of hydrogen-bond donors (Lipinski definition) is 0. The third-order valence-corrected chi connectivity index (χ3v) is 4.91. The number of nitrogens with zero attached hydrogens (tertiary/aromatic N) is 3. The Hall–Kier alpha value is -2.60. The van der Waals surface area contributed by atoms with Gasteiger partial charge in [-0.25, -0.2) is 0 Å². The van der Waals surface area contributed by atoms with Gasteiger partial charge in [-0.05, 0) is 31.0 Å². The summed E-state index contributed by atoms with van der Waals surface area (Å²) in [7, 11) is 0. The van der Waals surface area contributed by atoms with Crippen LogP contribution in [0, 0.1) is 6.92 Å². The Morgan fingerprint density at radius 1 is 1.32 bits per heavy atom. The fraction of sp³-hybridized carbons (Fsp3) is 0.211. The molecule has 2 aromatic rings. The summed E-state index contributed by atoms with van der Waals surface area (Å²) < 4.78 is 5.18. The molecule has 1 saturated heterocycles. The minimum Gasteiger partial charge on any atom is -0.463 e. The Morgan fingerprint density at radius 3 is 2.80 bits per heavy atom. The number of carbonyl (C=O) groups excluding carboxylic acids is 1. The molecule has 1 amide bonds. The summed E-state index contributed by atoms with van der Waals surface area (Å²) in [6.07, 6.45) is 5.46. The molecule has 1 fully saturated rings. The summed E-state index contributed by atoms with van der Waals surface area (Å²) >= 11 is 1.44. The standard InChI is InChI=1S/C19H19N3O2S/c1-3-10-22-18(23)17(12-15-8-6-14(2)7-9-15)25-19(22)21-20-13-16-5-4-11-24-16/h3-9,11,13,17H,1,10,12H2,2H3/b20-13-,21-19+/t17-/m0/s1. The van der Waals surface area contributed by atoms with Gasteiger partial charge in [0.05, 0.1) is 17.7 Å². The highest BCUT2D eigenvalue weighted by atomic mass is 32.2. The average molecular weight is 353 g/mol. The van der Waals surface area contributed by atoms with Gasteiger partial charge in [-0.15, -0.1) is 11.7 Å². The fourth-order valence-corrected chi connectivity index (χ4v) is 3.60. The topological polar surface area (TPSA) is 58.2 Å². The highest BCUT2D eigenvalue weighted by Gasteiger charge is 2.37. The predicted octanol–water partition coefficient (Wildman–Crippen LogP) is 3.65. The number of thioether (sulfide) groups is 1. The van der Waals surface area contributed by atoms with E-state index in [1.807, 2.05) is 6.92 Å². The summed E-state index contributed by atoms with van der Waals surface area (Å²) in [5.74, 6) is 0.655. The molecule has 1 aliphatic rings. The monoisotopic (exact) mass is 353 g/mol. The van der Waals surface area contributed by atoms with Gasteiger partial charge in [-0.3, -0.25) is 9.69 Å². The first-order chi connectivity index (χ1) is 12.2. The molecule has 5 nitrogen and oxygen atoms in total. The van der Waals surface area contributed by atoms with E-state index in [4.69, 9.17) is 4.42 Å². The van der Waals surface area contributed by atoms with Gasteiger partial charge < -0.3 is 4.42 Å². The Bertz CT molecular complexity index is 795. The largest absolute Gasteiger partial charge is 0.463 e. The smallest absolute Gasteiger partial charge is 0.242 e. The van der Waals surface area contributed by atoms with Gasteiger partial charge in [0.15, 0.2) is 5.17 Å². The van der Waals surface area contributed by atoms with Crippen molar-refractivity contribution >= 4 is 29.1 Å². The summed E-state index contributed by atoms with van der Waals surface area (Å²) in [6.45, 7) is 6.19. The lowest BCUT2D eigenvalue weighted by Gasteiger charge is -2.12. The zero-order valence-electron chi connectivity index (χ0n) is 14.0. The lowest BCUT2D eigenvalue weighted by atomic mass is 10.1. The molecule has 1 atom stereocenters. The zero-order valence-corrected chi connectivity index (χ0v) is 14.8. The Balaban J connectivity index is 1.74. The summed E-state index contributed by atoms with van der Waals surface area (Å²) in [4.78, 5) is 14.3. The molecular formula is C19H19N3O2S. The first kappa shape index (κ1) is 17.2. The Labute approximate surface area is 151 Å². The molecule has 1 aliphatic heterocycles. The normalized spacial score (nSPS) is 19.2. The first-order valence-electron chi connectivity index (χ1n) is 7.96. The van der Waals surface area contributed by atoms with Crippen LogP contribution in [0.2, 0.25) is 0 Å². The molecule has 6 heteroatoms. The van der Waals surface area contributed by atoms with E-state index in [0.717, 1.165) is 5.56 Å². The maximum atomic E-state index is 12.7. The number of hydrogen-bond acceptors (Lipinski definition) is 5. The van der Waals surface area contributed by atoms with Crippen LogP contribution in [-0.2, 0) is 11.2 Å². The number of rotatable bonds is 6. The van der Waals surface area contributed by atoms with Crippen LogP contribution < -0.4 is 0 Å². The van der Waals surface area contributed by atoms with Gasteiger partial charge in [-0.1, -0.05) is 47.7 Å². The quantitative estimate of drug-likeness (QED) is 0.452. The molecule has 1 aromatic heterocycles. The summed E-state index contributed by atoms with van der Waals surface area (Å²) in [6, 6.07) is 11.8. The van der Waals surface area contributed by atoms with Crippen molar-refractivity contribution in [1.29, 1.82) is 0 Å². The molecule has 2 heterocycles. The summed E-state index contributed by atoms with van der Waals surface area (Å²) in [5.41, 5.74) is 2.34. The predicted molar refractivity (Wildman–Crippen MR) is 102 cm³/mol. The van der Waals surface area contributed by atoms with E-state index in [1.165, 1.54) is 23.5 Å². The molecule has 3 rings (SSSR count). The van der Waals surface area contributed by atoms with Crippen LogP contribution in [0.1, 0.15) is 16.9 Å². The molecule has 0 saturated carbocycles. The van der Waals surface area contributed by atoms with Crippen LogP contribution >= 0.6 is 11.8 Å². The van der Waals surface area contributed by atoms with E-state index < -0.39 is 0 Å². The second kappa shape index (κ2) is 7.98. The summed E-state index contributed by atoms with van der Waals surface area (Å²) in [5, 5.41) is 8.63. The van der Waals surface area contributed by atoms with Gasteiger partial charge in [-0.2, -0.15) is 5.10 Å². The second-order valence-corrected chi connectivity index (χ2v) is 6.85. The maximum absolute atomic E-state index is 12.7. The lowest BCUT2D eigenvalue weighted by molar-refractivity contribution is -0.125. The SMILES string of the molecule is C=CCN1C(=O)[C@H](Cc2ccc(C)cc2)S/C1=N/N=C\c1ccco1. The van der Waals surface area contributed by atoms with Crippen LogP contribution in [0.5, 0.6) is 0 Å². The van der Waals surface area contributed by atoms with Crippen molar-refractivity contribution in [1.82, 2.24) is 4.90 Å². The molecule has 1 aromatic carbocycles. The minimum atomic E-state index is -0.194. The van der Waals surface area contributed by atoms with Crippen LogP contribution in [0.3, 0.4) is 0 Å². The molecular weight excluding hydrogens is 334 g/mol. The van der Waals surface area contributed by atoms with E-state index in [-0.39, 0.29) is 11.2 Å². The third kappa shape index (κ3) is 4.28. The average Bonchev–Trinajstić information content (AvgIpc) is 3.21. The Kier molecular flexibility index (Phi) is 5.50. The molecule has 0 radical (unpaired) electrons. The Morgan fingerprint density at radius 2 is 2.12 bits per heavy atom. The second-order valence-electron chi connectivity index (χ2n) is 5.68. The van der Waals surface area contributed by atoms with Crippen molar-refractivity contribution in [3.05, 3.63) is 72.2 Å². The van der Waals surface area contributed by atoms with Gasteiger partial charge in [0.25, 0.3) is 0 Å². The number of amides is 1. The van der Waals surface area contributed by atoms with E-state index >= 15 is 0 Å². The number of benzene rings is 1. The maximum Gasteiger partial charge on any atom is 0.242 e. The number of carbonyl (C=O) groups is 1. The van der Waals surface area contributed by atoms with E-state index in [0.29, 0.717) is 23.9 Å². The molecule has 128 valence electrons. The highest BCUT2D eigenvalue weighted by molar-refractivity contribution is 8.15. The van der Waals surface area contributed by atoms with Crippen molar-refractivity contribution < 1.29 is 9.21 Å². The number of furan rings is 1. The van der Waals surface area contributed by atoms with Gasteiger partial charge in [0.1, 0.15) is 5.76 Å². The van der Waals surface area contributed by atoms with Crippen molar-refractivity contribution in [2.75, 3.05) is 6.54 Å². The van der Waals surface area contributed by atoms with Gasteiger partial charge in [0.2, 0.25) is 5.91 Å². The number of amidine groups is 1. The molecule has 0 N–H and O–H groups in total. The van der Waals surface area contributed by atoms with Crippen molar-refractivity contribution in [3.63, 3.8) is 0 Å². The highest BCUT2D eigenvalue weighted by Crippen LogP contribution is 2.30. The molecule has 0 aliphatic carbocycles. The molecule has 0 spiro atoms. The lowest BCUT2D eigenvalue weighted by Crippen LogP contribution is -2.32. The minimum absolute atomic E-state index is 0.0393. The van der Waals surface area contributed by atoms with Crippen LogP contribution in [0.25, 0.3) is 0 Å². The zero-order chi connectivity index (χ0) is 17.6. The molecule has 0 unspecified atom stereocenters. The van der Waals surface area contributed by atoms with Gasteiger partial charge >= 0.3 is 0 Å². The van der Waals surface area contributed by atoms with Crippen LogP contribution in [0.15, 0.2) is 69.9 Å². The van der Waals surface area contributed by atoms with Crippen molar-refractivity contribution in [2.45, 2.75) is 18.6 Å². The molecule has 25 heavy (non-hydrogen) atoms.